The van der Waals surface area contributed by atoms with E-state index in [1.807, 2.05) is 18.2 Å². The molecule has 0 saturated carbocycles. The van der Waals surface area contributed by atoms with Gasteiger partial charge in [0.25, 0.3) is 5.91 Å². The van der Waals surface area contributed by atoms with Gasteiger partial charge in [-0.3, -0.25) is 4.79 Å². The molecule has 2 N–H and O–H groups in total. The zero-order valence-electron chi connectivity index (χ0n) is 11.6. The summed E-state index contributed by atoms with van der Waals surface area (Å²) < 4.78 is 0. The molecule has 0 atom stereocenters. The number of nitrogens with zero attached hydrogens (tertiary/aromatic N) is 2. The predicted octanol–water partition coefficient (Wildman–Crippen LogP) is 3.02. The molecule has 2 rings (SSSR count). The SMILES string of the molecule is N#CC(=CNc1ccc(C#N)cc1)C(=O)Nc1ccccc1. The highest BCUT2D eigenvalue weighted by atomic mass is 16.1. The minimum Gasteiger partial charge on any atom is -0.360 e. The number of nitriles is 2. The summed E-state index contributed by atoms with van der Waals surface area (Å²) in [7, 11) is 0. The van der Waals surface area contributed by atoms with Crippen LogP contribution in [-0.4, -0.2) is 5.91 Å². The molecule has 0 aliphatic rings. The maximum absolute atomic E-state index is 12.0. The zero-order chi connectivity index (χ0) is 15.8. The topological polar surface area (TPSA) is 88.7 Å². The van der Waals surface area contributed by atoms with E-state index in [4.69, 9.17) is 10.5 Å². The fraction of sp³-hybridized carbons (Fsp3) is 0. The van der Waals surface area contributed by atoms with Crippen LogP contribution in [0.4, 0.5) is 11.4 Å². The molecule has 106 valence electrons. The van der Waals surface area contributed by atoms with Crippen molar-refractivity contribution < 1.29 is 4.79 Å². The second kappa shape index (κ2) is 7.28. The molecule has 2 aromatic carbocycles. The molecule has 5 heteroatoms. The van der Waals surface area contributed by atoms with Gasteiger partial charge in [0.05, 0.1) is 11.6 Å². The summed E-state index contributed by atoms with van der Waals surface area (Å²) in [6.07, 6.45) is 1.33. The van der Waals surface area contributed by atoms with Crippen molar-refractivity contribution in [2.45, 2.75) is 0 Å². The Bertz CT molecular complexity index is 765. The van der Waals surface area contributed by atoms with E-state index in [0.29, 0.717) is 16.9 Å². The lowest BCUT2D eigenvalue weighted by atomic mass is 10.2. The normalized spacial score (nSPS) is 10.2. The first-order valence-electron chi connectivity index (χ1n) is 6.46. The lowest BCUT2D eigenvalue weighted by molar-refractivity contribution is -0.112. The van der Waals surface area contributed by atoms with Crippen molar-refractivity contribution in [3.63, 3.8) is 0 Å². The molecule has 0 heterocycles. The van der Waals surface area contributed by atoms with Crippen molar-refractivity contribution in [2.24, 2.45) is 0 Å². The second-order valence-corrected chi connectivity index (χ2v) is 4.32. The Morgan fingerprint density at radius 3 is 2.23 bits per heavy atom. The van der Waals surface area contributed by atoms with Gasteiger partial charge in [0.2, 0.25) is 0 Å². The number of carbonyl (C=O) groups excluding carboxylic acids is 1. The lowest BCUT2D eigenvalue weighted by Crippen LogP contribution is -2.14. The second-order valence-electron chi connectivity index (χ2n) is 4.32. The van der Waals surface area contributed by atoms with Crippen molar-refractivity contribution in [3.05, 3.63) is 71.9 Å². The van der Waals surface area contributed by atoms with Crippen LogP contribution in [0.25, 0.3) is 0 Å². The van der Waals surface area contributed by atoms with Gasteiger partial charge < -0.3 is 10.6 Å². The molecule has 0 fully saturated rings. The molecule has 0 aliphatic heterocycles. The van der Waals surface area contributed by atoms with E-state index in [1.165, 1.54) is 6.20 Å². The Kier molecular flexibility index (Phi) is 4.90. The summed E-state index contributed by atoms with van der Waals surface area (Å²) in [5.74, 6) is -0.491. The summed E-state index contributed by atoms with van der Waals surface area (Å²) in [4.78, 5) is 12.0. The van der Waals surface area contributed by atoms with Gasteiger partial charge in [0.1, 0.15) is 11.6 Å². The number of carbonyl (C=O) groups is 1. The lowest BCUT2D eigenvalue weighted by Gasteiger charge is -2.05. The van der Waals surface area contributed by atoms with Crippen LogP contribution >= 0.6 is 0 Å². The van der Waals surface area contributed by atoms with Gasteiger partial charge in [-0.1, -0.05) is 18.2 Å². The van der Waals surface area contributed by atoms with Crippen molar-refractivity contribution in [2.75, 3.05) is 10.6 Å². The van der Waals surface area contributed by atoms with Crippen LogP contribution in [0.15, 0.2) is 66.4 Å². The highest BCUT2D eigenvalue weighted by Gasteiger charge is 2.08. The number of anilines is 2. The Balaban J connectivity index is 2.05. The Labute approximate surface area is 128 Å². The standard InChI is InChI=1S/C17H12N4O/c18-10-13-6-8-15(9-7-13)20-12-14(11-19)17(22)21-16-4-2-1-3-5-16/h1-9,12,20H,(H,21,22). The van der Waals surface area contributed by atoms with Crippen LogP contribution in [0.5, 0.6) is 0 Å². The van der Waals surface area contributed by atoms with Crippen LogP contribution in [-0.2, 0) is 4.79 Å². The van der Waals surface area contributed by atoms with E-state index in [1.54, 1.807) is 48.5 Å². The van der Waals surface area contributed by atoms with Crippen molar-refractivity contribution in [1.82, 2.24) is 0 Å². The van der Waals surface area contributed by atoms with Gasteiger partial charge in [0.15, 0.2) is 0 Å². The van der Waals surface area contributed by atoms with Crippen molar-refractivity contribution in [1.29, 1.82) is 10.5 Å². The third-order valence-electron chi connectivity index (χ3n) is 2.79. The number of hydrogen-bond donors (Lipinski definition) is 2. The number of para-hydroxylation sites is 1. The van der Waals surface area contributed by atoms with Gasteiger partial charge in [-0.25, -0.2) is 0 Å². The van der Waals surface area contributed by atoms with Crippen LogP contribution in [0.1, 0.15) is 5.56 Å². The minimum absolute atomic E-state index is 0.0480. The average molecular weight is 288 g/mol. The number of benzene rings is 2. The van der Waals surface area contributed by atoms with Crippen molar-refractivity contribution >= 4 is 17.3 Å². The monoisotopic (exact) mass is 288 g/mol. The smallest absolute Gasteiger partial charge is 0.267 e. The van der Waals surface area contributed by atoms with Gasteiger partial charge in [-0.15, -0.1) is 0 Å². The number of hydrogen-bond acceptors (Lipinski definition) is 4. The molecule has 0 aliphatic carbocycles. The highest BCUT2D eigenvalue weighted by molar-refractivity contribution is 6.06. The fourth-order valence-corrected chi connectivity index (χ4v) is 1.67. The molecule has 0 bridgehead atoms. The maximum Gasteiger partial charge on any atom is 0.267 e. The van der Waals surface area contributed by atoms with Crippen LogP contribution in [0, 0.1) is 22.7 Å². The Morgan fingerprint density at radius 2 is 1.64 bits per heavy atom. The summed E-state index contributed by atoms with van der Waals surface area (Å²) in [6.45, 7) is 0. The first-order chi connectivity index (χ1) is 10.7. The number of nitrogens with one attached hydrogen (secondary N) is 2. The van der Waals surface area contributed by atoms with E-state index in [2.05, 4.69) is 10.6 Å². The Morgan fingerprint density at radius 1 is 0.955 bits per heavy atom. The molecule has 2 aromatic rings. The summed E-state index contributed by atoms with van der Waals surface area (Å²) in [5, 5.41) is 23.3. The molecule has 0 aromatic heterocycles. The molecule has 0 spiro atoms. The predicted molar refractivity (Wildman–Crippen MR) is 83.5 cm³/mol. The molecule has 1 amide bonds. The fourth-order valence-electron chi connectivity index (χ4n) is 1.67. The Hall–Kier alpha value is -3.57. The molecule has 0 unspecified atom stereocenters. The minimum atomic E-state index is -0.491. The third-order valence-corrected chi connectivity index (χ3v) is 2.79. The maximum atomic E-state index is 12.0. The van der Waals surface area contributed by atoms with E-state index in [9.17, 15) is 4.79 Å². The summed E-state index contributed by atoms with van der Waals surface area (Å²) in [5.41, 5.74) is 1.79. The molecule has 5 nitrogen and oxygen atoms in total. The third kappa shape index (κ3) is 3.96. The van der Waals surface area contributed by atoms with Crippen LogP contribution < -0.4 is 10.6 Å². The summed E-state index contributed by atoms with van der Waals surface area (Å²) >= 11 is 0. The highest BCUT2D eigenvalue weighted by Crippen LogP contribution is 2.11. The molecule has 0 saturated heterocycles. The van der Waals surface area contributed by atoms with E-state index < -0.39 is 5.91 Å². The van der Waals surface area contributed by atoms with Gasteiger partial charge in [0, 0.05) is 17.6 Å². The largest absolute Gasteiger partial charge is 0.360 e. The number of rotatable bonds is 4. The molecule has 0 radical (unpaired) electrons. The van der Waals surface area contributed by atoms with E-state index >= 15 is 0 Å². The van der Waals surface area contributed by atoms with Gasteiger partial charge in [-0.2, -0.15) is 10.5 Å². The molecular formula is C17H12N4O. The zero-order valence-corrected chi connectivity index (χ0v) is 11.6. The number of amides is 1. The van der Waals surface area contributed by atoms with Crippen LogP contribution in [0.2, 0.25) is 0 Å². The van der Waals surface area contributed by atoms with Crippen LogP contribution in [0.3, 0.4) is 0 Å². The quantitative estimate of drug-likeness (QED) is 0.668. The first kappa shape index (κ1) is 14.8. The average Bonchev–Trinajstić information content (AvgIpc) is 2.57. The van der Waals surface area contributed by atoms with E-state index in [0.717, 1.165) is 0 Å². The van der Waals surface area contributed by atoms with E-state index in [-0.39, 0.29) is 5.57 Å². The van der Waals surface area contributed by atoms with Gasteiger partial charge >= 0.3 is 0 Å². The van der Waals surface area contributed by atoms with Crippen molar-refractivity contribution in [3.8, 4) is 12.1 Å². The summed E-state index contributed by atoms with van der Waals surface area (Å²) in [6, 6.07) is 19.4. The first-order valence-corrected chi connectivity index (χ1v) is 6.46. The van der Waals surface area contributed by atoms with Gasteiger partial charge in [-0.05, 0) is 36.4 Å². The molecule has 22 heavy (non-hydrogen) atoms. The molecular weight excluding hydrogens is 276 g/mol.